The molecule has 0 saturated heterocycles. The summed E-state index contributed by atoms with van der Waals surface area (Å²) < 4.78 is 28.0. The molecular formula is C20H21F2N3OS. The van der Waals surface area contributed by atoms with Gasteiger partial charge in [0, 0.05) is 5.69 Å². The lowest BCUT2D eigenvalue weighted by Crippen LogP contribution is -2.24. The highest BCUT2D eigenvalue weighted by molar-refractivity contribution is 8.00. The SMILES string of the molecule is Cc1cc(C)c(NC(=O)C(C)Sc2nc3ccccc3n2C(F)F)c(C)c1. The second-order valence-electron chi connectivity index (χ2n) is 6.55. The van der Waals surface area contributed by atoms with Gasteiger partial charge in [-0.15, -0.1) is 0 Å². The molecule has 1 amide bonds. The predicted molar refractivity (Wildman–Crippen MR) is 106 cm³/mol. The number of hydrogen-bond donors (Lipinski definition) is 1. The number of aromatic nitrogens is 2. The Morgan fingerprint density at radius 3 is 2.41 bits per heavy atom. The van der Waals surface area contributed by atoms with Gasteiger partial charge >= 0.3 is 6.55 Å². The van der Waals surface area contributed by atoms with Crippen LogP contribution >= 0.6 is 11.8 Å². The summed E-state index contributed by atoms with van der Waals surface area (Å²) >= 11 is 1.03. The van der Waals surface area contributed by atoms with Gasteiger partial charge in [0.2, 0.25) is 5.91 Å². The molecule has 1 atom stereocenters. The number of nitrogens with one attached hydrogen (secondary N) is 1. The number of amides is 1. The van der Waals surface area contributed by atoms with Crippen LogP contribution in [0.5, 0.6) is 0 Å². The summed E-state index contributed by atoms with van der Waals surface area (Å²) in [6, 6.07) is 10.7. The molecule has 1 aromatic heterocycles. The standard InChI is InChI=1S/C20H21F2N3OS/c1-11-9-12(2)17(13(3)10-11)24-18(26)14(4)27-20-23-15-7-5-6-8-16(15)25(20)19(21)22/h5-10,14,19H,1-4H3,(H,24,26). The molecule has 0 saturated carbocycles. The van der Waals surface area contributed by atoms with Gasteiger partial charge in [-0.1, -0.05) is 41.6 Å². The molecule has 142 valence electrons. The van der Waals surface area contributed by atoms with Gasteiger partial charge in [-0.25, -0.2) is 4.98 Å². The van der Waals surface area contributed by atoms with Crippen molar-refractivity contribution in [2.24, 2.45) is 0 Å². The second-order valence-corrected chi connectivity index (χ2v) is 7.86. The van der Waals surface area contributed by atoms with E-state index in [0.29, 0.717) is 11.0 Å². The highest BCUT2D eigenvalue weighted by Gasteiger charge is 2.23. The van der Waals surface area contributed by atoms with Crippen LogP contribution in [0.15, 0.2) is 41.6 Å². The number of imidazole rings is 1. The van der Waals surface area contributed by atoms with E-state index in [1.807, 2.05) is 32.9 Å². The minimum absolute atomic E-state index is 0.131. The number of carbonyl (C=O) groups is 1. The molecule has 1 unspecified atom stereocenters. The number of carbonyl (C=O) groups excluding carboxylic acids is 1. The van der Waals surface area contributed by atoms with Gasteiger partial charge in [-0.2, -0.15) is 8.78 Å². The van der Waals surface area contributed by atoms with Crippen molar-refractivity contribution in [2.75, 3.05) is 5.32 Å². The maximum atomic E-state index is 13.5. The number of fused-ring (bicyclic) bond motifs is 1. The molecule has 1 heterocycles. The van der Waals surface area contributed by atoms with Crippen LogP contribution in [0.2, 0.25) is 0 Å². The van der Waals surface area contributed by atoms with E-state index < -0.39 is 11.8 Å². The van der Waals surface area contributed by atoms with Crippen molar-refractivity contribution in [3.63, 3.8) is 0 Å². The Bertz CT molecular complexity index is 977. The van der Waals surface area contributed by atoms with E-state index in [9.17, 15) is 13.6 Å². The third-order valence-electron chi connectivity index (χ3n) is 4.34. The molecule has 3 aromatic rings. The molecule has 2 aromatic carbocycles. The smallest absolute Gasteiger partial charge is 0.321 e. The first-order chi connectivity index (χ1) is 12.8. The van der Waals surface area contributed by atoms with Crippen LogP contribution in [0.1, 0.15) is 30.2 Å². The number of halogens is 2. The number of para-hydroxylation sites is 2. The summed E-state index contributed by atoms with van der Waals surface area (Å²) in [5.74, 6) is -0.247. The molecule has 7 heteroatoms. The van der Waals surface area contributed by atoms with Crippen molar-refractivity contribution in [1.29, 1.82) is 0 Å². The van der Waals surface area contributed by atoms with Crippen molar-refractivity contribution in [3.05, 3.63) is 53.1 Å². The fourth-order valence-corrected chi connectivity index (χ4v) is 4.03. The van der Waals surface area contributed by atoms with Crippen LogP contribution in [0.4, 0.5) is 14.5 Å². The number of alkyl halides is 2. The lowest BCUT2D eigenvalue weighted by molar-refractivity contribution is -0.115. The molecule has 27 heavy (non-hydrogen) atoms. The number of thioether (sulfide) groups is 1. The fraction of sp³-hybridized carbons (Fsp3) is 0.300. The minimum Gasteiger partial charge on any atom is -0.325 e. The maximum Gasteiger partial charge on any atom is 0.321 e. The summed E-state index contributed by atoms with van der Waals surface area (Å²) in [5, 5.41) is 2.47. The van der Waals surface area contributed by atoms with Gasteiger partial charge in [0.1, 0.15) is 0 Å². The van der Waals surface area contributed by atoms with Gasteiger partial charge in [0.05, 0.1) is 16.3 Å². The molecule has 0 fully saturated rings. The summed E-state index contributed by atoms with van der Waals surface area (Å²) in [5.41, 5.74) is 4.66. The number of benzene rings is 2. The van der Waals surface area contributed by atoms with Crippen LogP contribution in [0.25, 0.3) is 11.0 Å². The Hall–Kier alpha value is -2.41. The topological polar surface area (TPSA) is 46.9 Å². The Morgan fingerprint density at radius 1 is 1.15 bits per heavy atom. The fourth-order valence-electron chi connectivity index (χ4n) is 3.11. The van der Waals surface area contributed by atoms with Crippen LogP contribution < -0.4 is 5.32 Å². The summed E-state index contributed by atoms with van der Waals surface area (Å²) in [6.45, 7) is 4.83. The average molecular weight is 389 g/mol. The Balaban J connectivity index is 1.83. The summed E-state index contributed by atoms with van der Waals surface area (Å²) in [6.07, 6.45) is 0. The molecule has 0 aliphatic heterocycles. The van der Waals surface area contributed by atoms with Crippen molar-refractivity contribution >= 4 is 34.4 Å². The Morgan fingerprint density at radius 2 is 1.78 bits per heavy atom. The molecule has 0 aliphatic carbocycles. The van der Waals surface area contributed by atoms with Gasteiger partial charge in [0.25, 0.3) is 0 Å². The summed E-state index contributed by atoms with van der Waals surface area (Å²) in [4.78, 5) is 16.9. The normalized spacial score (nSPS) is 12.6. The first-order valence-electron chi connectivity index (χ1n) is 8.58. The molecular weight excluding hydrogens is 368 g/mol. The van der Waals surface area contributed by atoms with Crippen LogP contribution in [0.3, 0.4) is 0 Å². The summed E-state index contributed by atoms with van der Waals surface area (Å²) in [7, 11) is 0. The predicted octanol–water partition coefficient (Wildman–Crippen LogP) is 5.48. The molecule has 1 N–H and O–H groups in total. The molecule has 0 bridgehead atoms. The van der Waals surface area contributed by atoms with Gasteiger partial charge in [-0.05, 0) is 51.0 Å². The molecule has 0 aliphatic rings. The van der Waals surface area contributed by atoms with Crippen molar-refractivity contribution < 1.29 is 13.6 Å². The average Bonchev–Trinajstić information content (AvgIpc) is 2.95. The van der Waals surface area contributed by atoms with Gasteiger partial charge in [0.15, 0.2) is 5.16 Å². The highest BCUT2D eigenvalue weighted by Crippen LogP contribution is 2.32. The molecule has 4 nitrogen and oxygen atoms in total. The lowest BCUT2D eigenvalue weighted by atomic mass is 10.1. The maximum absolute atomic E-state index is 13.5. The van der Waals surface area contributed by atoms with E-state index in [4.69, 9.17) is 0 Å². The molecule has 0 radical (unpaired) electrons. The van der Waals surface area contributed by atoms with Crippen LogP contribution in [0, 0.1) is 20.8 Å². The third-order valence-corrected chi connectivity index (χ3v) is 5.40. The zero-order chi connectivity index (χ0) is 19.7. The minimum atomic E-state index is -2.73. The van der Waals surface area contributed by atoms with Gasteiger partial charge < -0.3 is 5.32 Å². The zero-order valence-electron chi connectivity index (χ0n) is 15.6. The Labute approximate surface area is 161 Å². The second kappa shape index (κ2) is 7.68. The zero-order valence-corrected chi connectivity index (χ0v) is 16.4. The largest absolute Gasteiger partial charge is 0.325 e. The number of aryl methyl sites for hydroxylation is 3. The van der Waals surface area contributed by atoms with E-state index in [-0.39, 0.29) is 11.1 Å². The quantitative estimate of drug-likeness (QED) is 0.588. The van der Waals surface area contributed by atoms with Crippen LogP contribution in [-0.4, -0.2) is 20.7 Å². The van der Waals surface area contributed by atoms with E-state index >= 15 is 0 Å². The van der Waals surface area contributed by atoms with Crippen molar-refractivity contribution in [3.8, 4) is 0 Å². The highest BCUT2D eigenvalue weighted by atomic mass is 32.2. The molecule has 3 rings (SSSR count). The van der Waals surface area contributed by atoms with E-state index in [0.717, 1.165) is 38.7 Å². The Kier molecular flexibility index (Phi) is 5.51. The lowest BCUT2D eigenvalue weighted by Gasteiger charge is -2.16. The number of hydrogen-bond acceptors (Lipinski definition) is 3. The van der Waals surface area contributed by atoms with Crippen molar-refractivity contribution in [2.45, 2.75) is 44.7 Å². The van der Waals surface area contributed by atoms with E-state index in [2.05, 4.69) is 10.3 Å². The number of rotatable bonds is 5. The van der Waals surface area contributed by atoms with E-state index in [1.54, 1.807) is 31.2 Å². The first kappa shape index (κ1) is 19.4. The van der Waals surface area contributed by atoms with Gasteiger partial charge in [-0.3, -0.25) is 9.36 Å². The first-order valence-corrected chi connectivity index (χ1v) is 9.46. The van der Waals surface area contributed by atoms with Crippen molar-refractivity contribution in [1.82, 2.24) is 9.55 Å². The third kappa shape index (κ3) is 3.98. The molecule has 0 spiro atoms. The monoisotopic (exact) mass is 389 g/mol. The van der Waals surface area contributed by atoms with Crippen LogP contribution in [-0.2, 0) is 4.79 Å². The number of nitrogens with zero attached hydrogens (tertiary/aromatic N) is 2. The van der Waals surface area contributed by atoms with E-state index in [1.165, 1.54) is 0 Å². The number of anilines is 1.